The summed E-state index contributed by atoms with van der Waals surface area (Å²) in [6.45, 7) is 7.95. The molecule has 0 saturated heterocycles. The SMILES string of the molecule is CSc1ccc(CC(=O)NC(/N=C(/NC#N)Nc2ccccc2C)C(C)(C)C)cc1. The largest absolute Gasteiger partial charge is 0.333 e. The number of nitrogens with one attached hydrogen (secondary N) is 3. The number of aryl methyl sites for hydroxylation is 1. The fourth-order valence-electron chi connectivity index (χ4n) is 2.69. The lowest BCUT2D eigenvalue weighted by molar-refractivity contribution is -0.121. The van der Waals surface area contributed by atoms with Crippen LogP contribution in [0.2, 0.25) is 0 Å². The molecular weight excluding hydrogens is 394 g/mol. The first-order valence-electron chi connectivity index (χ1n) is 9.71. The van der Waals surface area contributed by atoms with Crippen LogP contribution in [-0.2, 0) is 11.2 Å². The molecule has 0 aromatic heterocycles. The maximum absolute atomic E-state index is 12.7. The summed E-state index contributed by atoms with van der Waals surface area (Å²) in [4.78, 5) is 18.5. The molecule has 30 heavy (non-hydrogen) atoms. The van der Waals surface area contributed by atoms with E-state index in [1.54, 1.807) is 11.8 Å². The average Bonchev–Trinajstić information content (AvgIpc) is 2.69. The molecule has 0 fully saturated rings. The van der Waals surface area contributed by atoms with Gasteiger partial charge in [-0.05, 0) is 42.5 Å². The van der Waals surface area contributed by atoms with E-state index in [1.807, 2.05) is 88.7 Å². The van der Waals surface area contributed by atoms with Gasteiger partial charge in [0.2, 0.25) is 11.9 Å². The number of carbonyl (C=O) groups excluding carboxylic acids is 1. The van der Waals surface area contributed by atoms with Crippen molar-refractivity contribution >= 4 is 29.3 Å². The van der Waals surface area contributed by atoms with Gasteiger partial charge in [0, 0.05) is 16.0 Å². The third kappa shape index (κ3) is 7.12. The van der Waals surface area contributed by atoms with Gasteiger partial charge in [-0.15, -0.1) is 11.8 Å². The molecule has 1 unspecified atom stereocenters. The Hall–Kier alpha value is -2.98. The standard InChI is InChI=1S/C23H29N5OS/c1-16-8-6-7-9-19(16)26-22(25-15-24)28-21(23(2,3)4)27-20(29)14-17-10-12-18(30-5)13-11-17/h6-13,21H,14H2,1-5H3,(H,27,29)(H2,25,26,28). The van der Waals surface area contributed by atoms with Crippen molar-refractivity contribution in [3.63, 3.8) is 0 Å². The summed E-state index contributed by atoms with van der Waals surface area (Å²) in [5, 5.41) is 17.9. The molecule has 2 aromatic carbocycles. The number of guanidine groups is 1. The number of nitriles is 1. The molecule has 0 saturated carbocycles. The van der Waals surface area contributed by atoms with Crippen molar-refractivity contribution in [2.24, 2.45) is 10.4 Å². The van der Waals surface area contributed by atoms with E-state index in [9.17, 15) is 4.79 Å². The lowest BCUT2D eigenvalue weighted by Crippen LogP contribution is -2.45. The molecule has 0 bridgehead atoms. The number of rotatable bonds is 6. The van der Waals surface area contributed by atoms with Crippen LogP contribution in [0.3, 0.4) is 0 Å². The van der Waals surface area contributed by atoms with Crippen molar-refractivity contribution in [1.29, 1.82) is 5.26 Å². The Labute approximate surface area is 183 Å². The number of benzene rings is 2. The summed E-state index contributed by atoms with van der Waals surface area (Å²) in [5.74, 6) is 0.166. The molecule has 158 valence electrons. The highest BCUT2D eigenvalue weighted by atomic mass is 32.2. The third-order valence-electron chi connectivity index (χ3n) is 4.47. The van der Waals surface area contributed by atoms with Crippen molar-refractivity contribution in [2.45, 2.75) is 45.2 Å². The Balaban J connectivity index is 2.18. The Morgan fingerprint density at radius 1 is 1.17 bits per heavy atom. The van der Waals surface area contributed by atoms with Gasteiger partial charge in [0.25, 0.3) is 0 Å². The first-order valence-corrected chi connectivity index (χ1v) is 10.9. The minimum atomic E-state index is -0.525. The van der Waals surface area contributed by atoms with Crippen molar-refractivity contribution < 1.29 is 4.79 Å². The first-order chi connectivity index (χ1) is 14.2. The molecule has 3 N–H and O–H groups in total. The first kappa shape index (κ1) is 23.3. The second kappa shape index (κ2) is 10.7. The maximum Gasteiger partial charge on any atom is 0.226 e. The van der Waals surface area contributed by atoms with Crippen LogP contribution in [0.25, 0.3) is 0 Å². The number of nitrogens with zero attached hydrogens (tertiary/aromatic N) is 2. The fraction of sp³-hybridized carbons (Fsp3) is 0.348. The van der Waals surface area contributed by atoms with Crippen LogP contribution >= 0.6 is 11.8 Å². The topological polar surface area (TPSA) is 89.3 Å². The number of aliphatic imine (C=N–C) groups is 1. The minimum Gasteiger partial charge on any atom is -0.333 e. The summed E-state index contributed by atoms with van der Waals surface area (Å²) in [6.07, 6.45) is 3.67. The van der Waals surface area contributed by atoms with Crippen LogP contribution < -0.4 is 16.0 Å². The van der Waals surface area contributed by atoms with Crippen LogP contribution in [0.4, 0.5) is 5.69 Å². The number of anilines is 1. The molecule has 2 aromatic rings. The van der Waals surface area contributed by atoms with E-state index in [0.29, 0.717) is 0 Å². The number of carbonyl (C=O) groups is 1. The van der Waals surface area contributed by atoms with Crippen LogP contribution in [0.1, 0.15) is 31.9 Å². The van der Waals surface area contributed by atoms with Crippen molar-refractivity contribution in [3.05, 3.63) is 59.7 Å². The van der Waals surface area contributed by atoms with E-state index in [-0.39, 0.29) is 23.7 Å². The van der Waals surface area contributed by atoms with E-state index in [0.717, 1.165) is 21.7 Å². The second-order valence-electron chi connectivity index (χ2n) is 8.02. The lowest BCUT2D eigenvalue weighted by Gasteiger charge is -2.29. The quantitative estimate of drug-likeness (QED) is 0.212. The molecule has 2 rings (SSSR count). The molecule has 7 heteroatoms. The molecule has 1 amide bonds. The Bertz CT molecular complexity index is 926. The van der Waals surface area contributed by atoms with Gasteiger partial charge in [-0.2, -0.15) is 5.26 Å². The molecule has 0 heterocycles. The molecular formula is C23H29N5OS. The van der Waals surface area contributed by atoms with Gasteiger partial charge in [-0.3, -0.25) is 10.1 Å². The van der Waals surface area contributed by atoms with Crippen molar-refractivity contribution in [3.8, 4) is 6.19 Å². The highest BCUT2D eigenvalue weighted by Gasteiger charge is 2.26. The number of hydrogen-bond acceptors (Lipinski definition) is 4. The molecule has 0 aliphatic carbocycles. The zero-order valence-electron chi connectivity index (χ0n) is 18.1. The van der Waals surface area contributed by atoms with E-state index < -0.39 is 6.17 Å². The molecule has 0 aliphatic heterocycles. The van der Waals surface area contributed by atoms with Crippen molar-refractivity contribution in [2.75, 3.05) is 11.6 Å². The highest BCUT2D eigenvalue weighted by Crippen LogP contribution is 2.22. The summed E-state index contributed by atoms with van der Waals surface area (Å²) in [7, 11) is 0. The zero-order valence-corrected chi connectivity index (χ0v) is 18.9. The van der Waals surface area contributed by atoms with Crippen molar-refractivity contribution in [1.82, 2.24) is 10.6 Å². The monoisotopic (exact) mass is 423 g/mol. The van der Waals surface area contributed by atoms with Gasteiger partial charge >= 0.3 is 0 Å². The van der Waals surface area contributed by atoms with Gasteiger partial charge in [0.05, 0.1) is 6.42 Å². The molecule has 1 atom stereocenters. The maximum atomic E-state index is 12.7. The number of thioether (sulfide) groups is 1. The Morgan fingerprint density at radius 2 is 1.83 bits per heavy atom. The number of hydrogen-bond donors (Lipinski definition) is 3. The summed E-state index contributed by atoms with van der Waals surface area (Å²) >= 11 is 1.66. The predicted molar refractivity (Wildman–Crippen MR) is 124 cm³/mol. The van der Waals surface area contributed by atoms with Crippen LogP contribution in [0, 0.1) is 23.8 Å². The molecule has 0 radical (unpaired) electrons. The Kier molecular flexibility index (Phi) is 8.31. The van der Waals surface area contributed by atoms with Gasteiger partial charge in [-0.1, -0.05) is 51.1 Å². The van der Waals surface area contributed by atoms with Crippen LogP contribution in [-0.4, -0.2) is 24.3 Å². The predicted octanol–water partition coefficient (Wildman–Crippen LogP) is 4.29. The highest BCUT2D eigenvalue weighted by molar-refractivity contribution is 7.98. The van der Waals surface area contributed by atoms with Gasteiger partial charge < -0.3 is 10.6 Å². The summed E-state index contributed by atoms with van der Waals surface area (Å²) in [6, 6.07) is 15.7. The molecule has 0 aliphatic rings. The molecule has 6 nitrogen and oxygen atoms in total. The summed E-state index contributed by atoms with van der Waals surface area (Å²) < 4.78 is 0. The summed E-state index contributed by atoms with van der Waals surface area (Å²) in [5.41, 5.74) is 2.45. The van der Waals surface area contributed by atoms with Crippen LogP contribution in [0.15, 0.2) is 58.4 Å². The Morgan fingerprint density at radius 3 is 2.40 bits per heavy atom. The van der Waals surface area contributed by atoms with E-state index in [2.05, 4.69) is 20.9 Å². The van der Waals surface area contributed by atoms with E-state index >= 15 is 0 Å². The number of para-hydroxylation sites is 1. The fourth-order valence-corrected chi connectivity index (χ4v) is 3.10. The third-order valence-corrected chi connectivity index (χ3v) is 5.22. The van der Waals surface area contributed by atoms with Gasteiger partial charge in [0.15, 0.2) is 6.19 Å². The van der Waals surface area contributed by atoms with Crippen LogP contribution in [0.5, 0.6) is 0 Å². The van der Waals surface area contributed by atoms with E-state index in [1.165, 1.54) is 0 Å². The smallest absolute Gasteiger partial charge is 0.226 e. The number of amides is 1. The second-order valence-corrected chi connectivity index (χ2v) is 8.90. The normalized spacial score (nSPS) is 12.6. The van der Waals surface area contributed by atoms with Gasteiger partial charge in [-0.25, -0.2) is 4.99 Å². The zero-order chi connectivity index (χ0) is 22.1. The lowest BCUT2D eigenvalue weighted by atomic mass is 9.92. The van der Waals surface area contributed by atoms with E-state index in [4.69, 9.17) is 5.26 Å². The average molecular weight is 424 g/mol. The van der Waals surface area contributed by atoms with Gasteiger partial charge in [0.1, 0.15) is 6.17 Å². The minimum absolute atomic E-state index is 0.122. The molecule has 0 spiro atoms.